The number of nitrogens with zero attached hydrogens (tertiary/aromatic N) is 2. The van der Waals surface area contributed by atoms with Crippen molar-refractivity contribution in [3.8, 4) is 11.3 Å². The number of carbonyl (C=O) groups excluding carboxylic acids is 2. The molecule has 0 aliphatic rings. The molecular weight excluding hydrogens is 508 g/mol. The van der Waals surface area contributed by atoms with Crippen LogP contribution in [0.15, 0.2) is 85.1 Å². The Morgan fingerprint density at radius 1 is 0.925 bits per heavy atom. The average Bonchev–Trinajstić information content (AvgIpc) is 3.36. The minimum Gasteiger partial charge on any atom is -0.481 e. The van der Waals surface area contributed by atoms with Gasteiger partial charge < -0.3 is 15.2 Å². The molecule has 9 nitrogen and oxygen atoms in total. The van der Waals surface area contributed by atoms with Crippen LogP contribution in [0.4, 0.5) is 16.2 Å². The summed E-state index contributed by atoms with van der Waals surface area (Å²) in [6, 6.07) is 23.2. The molecule has 40 heavy (non-hydrogen) atoms. The summed E-state index contributed by atoms with van der Waals surface area (Å²) < 4.78 is 7.26. The Bertz CT molecular complexity index is 1480. The Labute approximate surface area is 232 Å². The van der Waals surface area contributed by atoms with Crippen molar-refractivity contribution in [3.63, 3.8) is 0 Å². The highest BCUT2D eigenvalue weighted by atomic mass is 16.6. The number of benzene rings is 3. The third kappa shape index (κ3) is 6.74. The Morgan fingerprint density at radius 3 is 2.27 bits per heavy atom. The van der Waals surface area contributed by atoms with E-state index >= 15 is 0 Å². The van der Waals surface area contributed by atoms with Crippen molar-refractivity contribution in [1.29, 1.82) is 0 Å². The Hall–Kier alpha value is -4.92. The van der Waals surface area contributed by atoms with Crippen LogP contribution in [0.25, 0.3) is 11.3 Å². The average molecular weight is 541 g/mol. The zero-order chi connectivity index (χ0) is 28.6. The predicted octanol–water partition coefficient (Wildman–Crippen LogP) is 6.71. The molecule has 9 heteroatoms. The first-order chi connectivity index (χ1) is 19.3. The van der Waals surface area contributed by atoms with Gasteiger partial charge in [-0.3, -0.25) is 19.6 Å². The Morgan fingerprint density at radius 2 is 1.62 bits per heavy atom. The molecule has 206 valence electrons. The zero-order valence-corrected chi connectivity index (χ0v) is 22.6. The Kier molecular flexibility index (Phi) is 8.96. The van der Waals surface area contributed by atoms with Gasteiger partial charge in [0.25, 0.3) is 5.91 Å². The van der Waals surface area contributed by atoms with Crippen LogP contribution >= 0.6 is 0 Å². The normalized spacial score (nSPS) is 12.3. The van der Waals surface area contributed by atoms with E-state index in [1.165, 1.54) is 0 Å². The van der Waals surface area contributed by atoms with Gasteiger partial charge in [-0.25, -0.2) is 4.79 Å². The fraction of sp³-hybridized carbons (Fsp3) is 0.226. The lowest BCUT2D eigenvalue weighted by atomic mass is 9.96. The molecule has 0 spiro atoms. The quantitative estimate of drug-likeness (QED) is 0.205. The second-order valence-corrected chi connectivity index (χ2v) is 9.29. The van der Waals surface area contributed by atoms with Crippen LogP contribution in [-0.2, 0) is 16.1 Å². The highest BCUT2D eigenvalue weighted by Gasteiger charge is 2.19. The summed E-state index contributed by atoms with van der Waals surface area (Å²) >= 11 is 0. The van der Waals surface area contributed by atoms with Crippen molar-refractivity contribution in [2.45, 2.75) is 45.8 Å². The highest BCUT2D eigenvalue weighted by molar-refractivity contribution is 6.04. The van der Waals surface area contributed by atoms with E-state index in [-0.39, 0.29) is 5.91 Å². The maximum Gasteiger partial charge on any atom is 0.412 e. The molecule has 2 atom stereocenters. The van der Waals surface area contributed by atoms with Crippen molar-refractivity contribution in [2.75, 3.05) is 10.6 Å². The molecule has 0 saturated heterocycles. The van der Waals surface area contributed by atoms with Gasteiger partial charge >= 0.3 is 12.1 Å². The Balaban J connectivity index is 1.47. The van der Waals surface area contributed by atoms with E-state index in [0.29, 0.717) is 46.7 Å². The fourth-order valence-corrected chi connectivity index (χ4v) is 4.35. The standard InChI is InChI=1S/C31H32N4O5/c1-4-26(30(37)38)24-12-9-13-25(18-24)32-29(36)23-16-14-22(15-17-23)28-27(19-35(5-2)34-28)33-31(39)40-20(3)21-10-7-6-8-11-21/h6-20,26H,4-5H2,1-3H3,(H,32,36)(H,33,39)(H,37,38). The summed E-state index contributed by atoms with van der Waals surface area (Å²) in [5.41, 5.74) is 4.20. The van der Waals surface area contributed by atoms with Gasteiger partial charge in [-0.05, 0) is 55.7 Å². The van der Waals surface area contributed by atoms with Crippen molar-refractivity contribution in [3.05, 3.63) is 102 Å². The van der Waals surface area contributed by atoms with Gasteiger partial charge in [-0.2, -0.15) is 5.10 Å². The first kappa shape index (κ1) is 28.1. The number of amides is 2. The molecule has 0 bridgehead atoms. The highest BCUT2D eigenvalue weighted by Crippen LogP contribution is 2.28. The number of nitrogens with one attached hydrogen (secondary N) is 2. The molecule has 2 unspecified atom stereocenters. The number of aromatic nitrogens is 2. The summed E-state index contributed by atoms with van der Waals surface area (Å²) in [6.07, 6.45) is 1.15. The number of ether oxygens (including phenoxy) is 1. The van der Waals surface area contributed by atoms with Crippen LogP contribution in [0.2, 0.25) is 0 Å². The molecule has 1 aromatic heterocycles. The summed E-state index contributed by atoms with van der Waals surface area (Å²) in [7, 11) is 0. The minimum atomic E-state index is -0.903. The van der Waals surface area contributed by atoms with Gasteiger partial charge in [0.2, 0.25) is 0 Å². The third-order valence-corrected chi connectivity index (χ3v) is 6.55. The van der Waals surface area contributed by atoms with Crippen molar-refractivity contribution >= 4 is 29.3 Å². The van der Waals surface area contributed by atoms with E-state index in [1.807, 2.05) is 44.2 Å². The summed E-state index contributed by atoms with van der Waals surface area (Å²) in [6.45, 7) is 6.16. The van der Waals surface area contributed by atoms with Crippen LogP contribution in [-0.4, -0.2) is 32.9 Å². The van der Waals surface area contributed by atoms with Gasteiger partial charge in [-0.1, -0.05) is 61.5 Å². The van der Waals surface area contributed by atoms with Gasteiger partial charge in [0.15, 0.2) is 0 Å². The molecule has 4 aromatic rings. The third-order valence-electron chi connectivity index (χ3n) is 6.55. The van der Waals surface area contributed by atoms with Crippen LogP contribution in [0.3, 0.4) is 0 Å². The molecule has 0 aliphatic carbocycles. The van der Waals surface area contributed by atoms with E-state index in [4.69, 9.17) is 4.74 Å². The first-order valence-electron chi connectivity index (χ1n) is 13.1. The lowest BCUT2D eigenvalue weighted by Gasteiger charge is -2.14. The number of carboxylic acids is 1. The predicted molar refractivity (Wildman–Crippen MR) is 153 cm³/mol. The molecule has 0 radical (unpaired) electrons. The number of carbonyl (C=O) groups is 3. The van der Waals surface area contributed by atoms with Crippen LogP contribution in [0.5, 0.6) is 0 Å². The number of hydrogen-bond donors (Lipinski definition) is 3. The molecule has 0 saturated carbocycles. The lowest BCUT2D eigenvalue weighted by Crippen LogP contribution is -2.16. The monoisotopic (exact) mass is 540 g/mol. The minimum absolute atomic E-state index is 0.331. The fourth-order valence-electron chi connectivity index (χ4n) is 4.35. The number of carboxylic acid groups (broad SMARTS) is 1. The number of rotatable bonds is 10. The molecule has 0 fully saturated rings. The molecule has 3 aromatic carbocycles. The zero-order valence-electron chi connectivity index (χ0n) is 22.6. The van der Waals surface area contributed by atoms with Crippen LogP contribution < -0.4 is 10.6 Å². The molecule has 1 heterocycles. The van der Waals surface area contributed by atoms with Gasteiger partial charge in [0.05, 0.1) is 11.6 Å². The van der Waals surface area contributed by atoms with Crippen molar-refractivity contribution in [1.82, 2.24) is 9.78 Å². The second-order valence-electron chi connectivity index (χ2n) is 9.29. The van der Waals surface area contributed by atoms with E-state index in [0.717, 1.165) is 5.56 Å². The SMILES string of the molecule is CCC(C(=O)O)c1cccc(NC(=O)c2ccc(-c3nn(CC)cc3NC(=O)OC(C)c3ccccc3)cc2)c1. The first-order valence-corrected chi connectivity index (χ1v) is 13.1. The number of aryl methyl sites for hydroxylation is 1. The number of hydrogen-bond acceptors (Lipinski definition) is 5. The van der Waals surface area contributed by atoms with Gasteiger partial charge in [0, 0.05) is 29.6 Å². The summed E-state index contributed by atoms with van der Waals surface area (Å²) in [5, 5.41) is 19.7. The molecule has 0 aliphatic heterocycles. The maximum absolute atomic E-state index is 12.9. The topological polar surface area (TPSA) is 123 Å². The summed E-state index contributed by atoms with van der Waals surface area (Å²) in [5.74, 6) is -1.87. The maximum atomic E-state index is 12.9. The number of anilines is 2. The number of aliphatic carboxylic acids is 1. The van der Waals surface area contributed by atoms with Crippen LogP contribution in [0.1, 0.15) is 60.7 Å². The van der Waals surface area contributed by atoms with Crippen molar-refractivity contribution < 1.29 is 24.2 Å². The summed E-state index contributed by atoms with van der Waals surface area (Å²) in [4.78, 5) is 37.1. The van der Waals surface area contributed by atoms with E-state index in [1.54, 1.807) is 66.3 Å². The molecule has 3 N–H and O–H groups in total. The second kappa shape index (κ2) is 12.8. The van der Waals surface area contributed by atoms with Gasteiger partial charge in [-0.15, -0.1) is 0 Å². The van der Waals surface area contributed by atoms with Crippen molar-refractivity contribution in [2.24, 2.45) is 0 Å². The molecular formula is C31H32N4O5. The largest absolute Gasteiger partial charge is 0.481 e. The van der Waals surface area contributed by atoms with E-state index < -0.39 is 24.1 Å². The smallest absolute Gasteiger partial charge is 0.412 e. The van der Waals surface area contributed by atoms with E-state index in [2.05, 4.69) is 15.7 Å². The van der Waals surface area contributed by atoms with Crippen LogP contribution in [0, 0.1) is 0 Å². The molecule has 2 amide bonds. The molecule has 4 rings (SSSR count). The van der Waals surface area contributed by atoms with E-state index in [9.17, 15) is 19.5 Å². The lowest BCUT2D eigenvalue weighted by molar-refractivity contribution is -0.138. The van der Waals surface area contributed by atoms with Gasteiger partial charge in [0.1, 0.15) is 11.8 Å².